The summed E-state index contributed by atoms with van der Waals surface area (Å²) in [6.07, 6.45) is 0.958. The second kappa shape index (κ2) is 6.68. The Morgan fingerprint density at radius 2 is 2.04 bits per heavy atom. The molecule has 24 heavy (non-hydrogen) atoms. The molecular formula is C17H20N4O2S. The van der Waals surface area contributed by atoms with Gasteiger partial charge in [-0.1, -0.05) is 41.7 Å². The first kappa shape index (κ1) is 16.6. The van der Waals surface area contributed by atoms with E-state index in [-0.39, 0.29) is 23.1 Å². The summed E-state index contributed by atoms with van der Waals surface area (Å²) in [5.41, 5.74) is 0.870. The summed E-state index contributed by atoms with van der Waals surface area (Å²) in [6, 6.07) is 10.1. The van der Waals surface area contributed by atoms with Crippen molar-refractivity contribution in [3.63, 3.8) is 0 Å². The van der Waals surface area contributed by atoms with Gasteiger partial charge in [0.1, 0.15) is 5.01 Å². The van der Waals surface area contributed by atoms with E-state index in [1.54, 1.807) is 0 Å². The average molecular weight is 344 g/mol. The lowest BCUT2D eigenvalue weighted by Gasteiger charge is -2.22. The van der Waals surface area contributed by atoms with Crippen LogP contribution in [0, 0.1) is 5.92 Å². The quantitative estimate of drug-likeness (QED) is 0.891. The van der Waals surface area contributed by atoms with Crippen LogP contribution in [-0.2, 0) is 15.0 Å². The summed E-state index contributed by atoms with van der Waals surface area (Å²) < 4.78 is 0. The lowest BCUT2D eigenvalue weighted by Crippen LogP contribution is -2.40. The first-order valence-electron chi connectivity index (χ1n) is 7.94. The van der Waals surface area contributed by atoms with Crippen molar-refractivity contribution < 1.29 is 9.59 Å². The van der Waals surface area contributed by atoms with Crippen LogP contribution in [0.3, 0.4) is 0 Å². The highest BCUT2D eigenvalue weighted by atomic mass is 32.1. The predicted octanol–water partition coefficient (Wildman–Crippen LogP) is 2.33. The summed E-state index contributed by atoms with van der Waals surface area (Å²) in [5, 5.41) is 15.3. The van der Waals surface area contributed by atoms with E-state index in [1.807, 2.05) is 18.2 Å². The van der Waals surface area contributed by atoms with E-state index in [0.29, 0.717) is 24.5 Å². The Hall–Kier alpha value is -2.28. The highest BCUT2D eigenvalue weighted by Crippen LogP contribution is 2.34. The minimum absolute atomic E-state index is 0.00172. The number of hydrogen-bond donors (Lipinski definition) is 2. The Bertz CT molecular complexity index is 732. The molecule has 1 atom stereocenters. The van der Waals surface area contributed by atoms with Crippen LogP contribution in [0.1, 0.15) is 37.3 Å². The van der Waals surface area contributed by atoms with Gasteiger partial charge in [-0.25, -0.2) is 0 Å². The van der Waals surface area contributed by atoms with Crippen LogP contribution in [0.5, 0.6) is 0 Å². The minimum atomic E-state index is -0.277. The van der Waals surface area contributed by atoms with Gasteiger partial charge in [-0.15, -0.1) is 10.2 Å². The largest absolute Gasteiger partial charge is 0.355 e. The van der Waals surface area contributed by atoms with Gasteiger partial charge in [-0.05, 0) is 25.8 Å². The zero-order valence-electron chi connectivity index (χ0n) is 13.7. The zero-order chi connectivity index (χ0) is 17.2. The van der Waals surface area contributed by atoms with Crippen molar-refractivity contribution in [2.45, 2.75) is 32.1 Å². The van der Waals surface area contributed by atoms with Crippen LogP contribution in [-0.4, -0.2) is 28.6 Å². The van der Waals surface area contributed by atoms with Crippen LogP contribution in [0.25, 0.3) is 0 Å². The number of anilines is 1. The van der Waals surface area contributed by atoms with Gasteiger partial charge in [0.05, 0.1) is 5.92 Å². The molecule has 2 heterocycles. The number of nitrogens with zero attached hydrogens (tertiary/aromatic N) is 2. The number of carbonyl (C=O) groups is 2. The van der Waals surface area contributed by atoms with Crippen molar-refractivity contribution in [1.82, 2.24) is 15.5 Å². The summed E-state index contributed by atoms with van der Waals surface area (Å²) >= 11 is 1.39. The Morgan fingerprint density at radius 3 is 2.71 bits per heavy atom. The SMILES string of the molecule is CC(C)(c1ccccc1)c1nnc(NC(=O)[C@@H]2CCC(=O)NC2)s1. The summed E-state index contributed by atoms with van der Waals surface area (Å²) in [5.74, 6) is -0.325. The Kier molecular flexibility index (Phi) is 4.62. The van der Waals surface area contributed by atoms with Crippen LogP contribution in [0.2, 0.25) is 0 Å². The summed E-state index contributed by atoms with van der Waals surface area (Å²) in [7, 11) is 0. The predicted molar refractivity (Wildman–Crippen MR) is 92.8 cm³/mol. The average Bonchev–Trinajstić information content (AvgIpc) is 3.05. The van der Waals surface area contributed by atoms with E-state index in [2.05, 4.69) is 46.8 Å². The van der Waals surface area contributed by atoms with Crippen LogP contribution in [0.4, 0.5) is 5.13 Å². The molecule has 0 saturated carbocycles. The summed E-state index contributed by atoms with van der Waals surface area (Å²) in [6.45, 7) is 4.56. The maximum atomic E-state index is 12.3. The third-order valence-electron chi connectivity index (χ3n) is 4.32. The Balaban J connectivity index is 1.69. The molecule has 1 aliphatic rings. The van der Waals surface area contributed by atoms with E-state index < -0.39 is 0 Å². The molecule has 0 spiro atoms. The topological polar surface area (TPSA) is 84.0 Å². The fourth-order valence-electron chi connectivity index (χ4n) is 2.67. The zero-order valence-corrected chi connectivity index (χ0v) is 14.5. The molecule has 0 bridgehead atoms. The normalized spacial score (nSPS) is 18.1. The number of piperidine rings is 1. The molecule has 2 aromatic rings. The van der Waals surface area contributed by atoms with Gasteiger partial charge in [0.25, 0.3) is 0 Å². The van der Waals surface area contributed by atoms with Crippen molar-refractivity contribution in [3.8, 4) is 0 Å². The fraction of sp³-hybridized carbons (Fsp3) is 0.412. The lowest BCUT2D eigenvalue weighted by molar-refractivity contribution is -0.126. The molecule has 2 N–H and O–H groups in total. The first-order valence-corrected chi connectivity index (χ1v) is 8.75. The highest BCUT2D eigenvalue weighted by Gasteiger charge is 2.29. The van der Waals surface area contributed by atoms with E-state index in [1.165, 1.54) is 11.3 Å². The van der Waals surface area contributed by atoms with Gasteiger partial charge < -0.3 is 10.6 Å². The van der Waals surface area contributed by atoms with Gasteiger partial charge in [0.2, 0.25) is 16.9 Å². The Morgan fingerprint density at radius 1 is 1.29 bits per heavy atom. The molecule has 0 radical (unpaired) electrons. The molecule has 3 rings (SSSR count). The third-order valence-corrected chi connectivity index (χ3v) is 5.48. The molecule has 1 aromatic heterocycles. The van der Waals surface area contributed by atoms with Crippen LogP contribution >= 0.6 is 11.3 Å². The van der Waals surface area contributed by atoms with Crippen LogP contribution < -0.4 is 10.6 Å². The number of rotatable bonds is 4. The molecule has 1 aromatic carbocycles. The van der Waals surface area contributed by atoms with Gasteiger partial charge >= 0.3 is 0 Å². The monoisotopic (exact) mass is 344 g/mol. The number of amides is 2. The minimum Gasteiger partial charge on any atom is -0.355 e. The number of carbonyl (C=O) groups excluding carboxylic acids is 2. The molecular weight excluding hydrogens is 324 g/mol. The molecule has 1 saturated heterocycles. The highest BCUT2D eigenvalue weighted by molar-refractivity contribution is 7.15. The molecule has 126 valence electrons. The van der Waals surface area contributed by atoms with Crippen molar-refractivity contribution >= 4 is 28.3 Å². The van der Waals surface area contributed by atoms with Crippen molar-refractivity contribution in [3.05, 3.63) is 40.9 Å². The second-order valence-corrected chi connectivity index (χ2v) is 7.41. The van der Waals surface area contributed by atoms with Crippen LogP contribution in [0.15, 0.2) is 30.3 Å². The van der Waals surface area contributed by atoms with Gasteiger partial charge in [-0.3, -0.25) is 9.59 Å². The molecule has 2 amide bonds. The van der Waals surface area contributed by atoms with Gasteiger partial charge in [0, 0.05) is 18.4 Å². The number of nitrogens with one attached hydrogen (secondary N) is 2. The smallest absolute Gasteiger partial charge is 0.231 e. The molecule has 6 nitrogen and oxygen atoms in total. The summed E-state index contributed by atoms with van der Waals surface area (Å²) in [4.78, 5) is 23.5. The molecule has 1 fully saturated rings. The number of hydrogen-bond acceptors (Lipinski definition) is 5. The van der Waals surface area contributed by atoms with E-state index in [9.17, 15) is 9.59 Å². The Labute approximate surface area is 144 Å². The van der Waals surface area contributed by atoms with Gasteiger partial charge in [0.15, 0.2) is 0 Å². The van der Waals surface area contributed by atoms with Crippen molar-refractivity contribution in [1.29, 1.82) is 0 Å². The molecule has 7 heteroatoms. The lowest BCUT2D eigenvalue weighted by atomic mass is 9.85. The number of aromatic nitrogens is 2. The van der Waals surface area contributed by atoms with Crippen molar-refractivity contribution in [2.75, 3.05) is 11.9 Å². The number of benzene rings is 1. The maximum absolute atomic E-state index is 12.3. The van der Waals surface area contributed by atoms with Crippen molar-refractivity contribution in [2.24, 2.45) is 5.92 Å². The van der Waals surface area contributed by atoms with E-state index >= 15 is 0 Å². The standard InChI is InChI=1S/C17H20N4O2S/c1-17(2,12-6-4-3-5-7-12)15-20-21-16(24-15)19-14(23)11-8-9-13(22)18-10-11/h3-7,11H,8-10H2,1-2H3,(H,18,22)(H,19,21,23)/t11-/m1/s1. The van der Waals surface area contributed by atoms with E-state index in [4.69, 9.17) is 0 Å². The van der Waals surface area contributed by atoms with Gasteiger partial charge in [-0.2, -0.15) is 0 Å². The third kappa shape index (κ3) is 3.46. The molecule has 0 aliphatic carbocycles. The molecule has 1 aliphatic heterocycles. The maximum Gasteiger partial charge on any atom is 0.231 e. The molecule has 0 unspecified atom stereocenters. The fourth-order valence-corrected chi connectivity index (χ4v) is 3.54. The van der Waals surface area contributed by atoms with E-state index in [0.717, 1.165) is 10.6 Å². The first-order chi connectivity index (χ1) is 11.5. The second-order valence-electron chi connectivity index (χ2n) is 6.43.